The molecule has 0 aliphatic carbocycles. The first-order valence-electron chi connectivity index (χ1n) is 5.76. The normalized spacial score (nSPS) is 19.6. The predicted molar refractivity (Wildman–Crippen MR) is 64.2 cm³/mol. The molecule has 1 unspecified atom stereocenters. The van der Waals surface area contributed by atoms with Crippen LogP contribution in [0.2, 0.25) is 0 Å². The molecule has 1 aliphatic heterocycles. The van der Waals surface area contributed by atoms with Crippen LogP contribution in [0.5, 0.6) is 0 Å². The zero-order valence-corrected chi connectivity index (χ0v) is 11.1. The number of hydrogen-bond acceptors (Lipinski definition) is 5. The van der Waals surface area contributed by atoms with Crippen LogP contribution in [0.3, 0.4) is 0 Å². The number of rotatable bonds is 7. The molecule has 2 N–H and O–H groups in total. The Morgan fingerprint density at radius 2 is 2.28 bits per heavy atom. The molecule has 1 aliphatic rings. The lowest BCUT2D eigenvalue weighted by atomic mass is 10.2. The molecule has 104 valence electrons. The number of nitrogens with one attached hydrogen (secondary N) is 2. The lowest BCUT2D eigenvalue weighted by molar-refractivity contribution is -0.140. The second kappa shape index (κ2) is 6.69. The molecule has 0 spiro atoms. The minimum Gasteiger partial charge on any atom is -0.469 e. The zero-order chi connectivity index (χ0) is 13.6. The van der Waals surface area contributed by atoms with Gasteiger partial charge in [-0.2, -0.15) is 0 Å². The highest BCUT2D eigenvalue weighted by Crippen LogP contribution is 2.05. The number of ether oxygens (including phenoxy) is 1. The Bertz CT molecular complexity index is 406. The summed E-state index contributed by atoms with van der Waals surface area (Å²) >= 11 is 0. The van der Waals surface area contributed by atoms with Gasteiger partial charge in [0.15, 0.2) is 0 Å². The smallest absolute Gasteiger partial charge is 0.305 e. The van der Waals surface area contributed by atoms with E-state index in [1.54, 1.807) is 0 Å². The molecule has 1 atom stereocenters. The van der Waals surface area contributed by atoms with Crippen molar-refractivity contribution in [3.8, 4) is 0 Å². The van der Waals surface area contributed by atoms with Crippen LogP contribution in [-0.2, 0) is 24.3 Å². The summed E-state index contributed by atoms with van der Waals surface area (Å²) in [5.41, 5.74) is 0. The SMILES string of the molecule is COC(=O)CCCS(=O)(=O)NCC1CCC(=O)N1. The van der Waals surface area contributed by atoms with E-state index < -0.39 is 16.0 Å². The molecule has 1 fully saturated rings. The molecule has 1 amide bonds. The summed E-state index contributed by atoms with van der Waals surface area (Å²) in [5.74, 6) is -0.596. The van der Waals surface area contributed by atoms with E-state index in [2.05, 4.69) is 14.8 Å². The monoisotopic (exact) mass is 278 g/mol. The van der Waals surface area contributed by atoms with Crippen molar-refractivity contribution in [3.05, 3.63) is 0 Å². The van der Waals surface area contributed by atoms with Crippen LogP contribution in [0.25, 0.3) is 0 Å². The van der Waals surface area contributed by atoms with Gasteiger partial charge in [0.1, 0.15) is 0 Å². The summed E-state index contributed by atoms with van der Waals surface area (Å²) in [6, 6.07) is -0.132. The number of hydrogen-bond donors (Lipinski definition) is 2. The maximum absolute atomic E-state index is 11.6. The summed E-state index contributed by atoms with van der Waals surface area (Å²) in [6.45, 7) is 0.201. The van der Waals surface area contributed by atoms with Crippen LogP contribution in [0.15, 0.2) is 0 Å². The van der Waals surface area contributed by atoms with Gasteiger partial charge in [0.2, 0.25) is 15.9 Å². The first-order chi connectivity index (χ1) is 8.43. The minimum absolute atomic E-state index is 0.0510. The van der Waals surface area contributed by atoms with Crippen LogP contribution in [0.4, 0.5) is 0 Å². The van der Waals surface area contributed by atoms with Crippen LogP contribution in [0, 0.1) is 0 Å². The summed E-state index contributed by atoms with van der Waals surface area (Å²) in [5, 5.41) is 2.67. The molecule has 0 radical (unpaired) electrons. The molecule has 0 bridgehead atoms. The number of esters is 1. The molecule has 0 aromatic carbocycles. The molecule has 0 saturated carbocycles. The standard InChI is InChI=1S/C10H18N2O5S/c1-17-10(14)3-2-6-18(15,16)11-7-8-4-5-9(13)12-8/h8,11H,2-7H2,1H3,(H,12,13). The average Bonchev–Trinajstić information content (AvgIpc) is 2.72. The molecule has 8 heteroatoms. The lowest BCUT2D eigenvalue weighted by Gasteiger charge is -2.11. The molecule has 18 heavy (non-hydrogen) atoms. The van der Waals surface area contributed by atoms with Gasteiger partial charge in [0.05, 0.1) is 12.9 Å². The summed E-state index contributed by atoms with van der Waals surface area (Å²) < 4.78 is 30.0. The van der Waals surface area contributed by atoms with Crippen molar-refractivity contribution in [3.63, 3.8) is 0 Å². The van der Waals surface area contributed by atoms with Crippen molar-refractivity contribution in [1.82, 2.24) is 10.0 Å². The van der Waals surface area contributed by atoms with E-state index in [0.717, 1.165) is 0 Å². The maximum Gasteiger partial charge on any atom is 0.305 e. The molecule has 1 rings (SSSR count). The lowest BCUT2D eigenvalue weighted by Crippen LogP contribution is -2.39. The van der Waals surface area contributed by atoms with E-state index in [4.69, 9.17) is 0 Å². The van der Waals surface area contributed by atoms with Crippen molar-refractivity contribution in [2.75, 3.05) is 19.4 Å². The van der Waals surface area contributed by atoms with Gasteiger partial charge in [0, 0.05) is 25.4 Å². The first-order valence-corrected chi connectivity index (χ1v) is 7.41. The van der Waals surface area contributed by atoms with E-state index in [1.165, 1.54) is 7.11 Å². The van der Waals surface area contributed by atoms with Gasteiger partial charge in [-0.25, -0.2) is 13.1 Å². The molecule has 1 heterocycles. The van der Waals surface area contributed by atoms with Gasteiger partial charge < -0.3 is 10.1 Å². The quantitative estimate of drug-likeness (QED) is 0.590. The number of methoxy groups -OCH3 is 1. The van der Waals surface area contributed by atoms with Crippen molar-refractivity contribution in [1.29, 1.82) is 0 Å². The fourth-order valence-corrected chi connectivity index (χ4v) is 2.76. The van der Waals surface area contributed by atoms with E-state index in [9.17, 15) is 18.0 Å². The van der Waals surface area contributed by atoms with Crippen LogP contribution in [-0.4, -0.2) is 45.7 Å². The Balaban J connectivity index is 2.23. The summed E-state index contributed by atoms with van der Waals surface area (Å²) in [7, 11) is -2.14. The highest BCUT2D eigenvalue weighted by Gasteiger charge is 2.22. The molecular formula is C10H18N2O5S. The van der Waals surface area contributed by atoms with E-state index >= 15 is 0 Å². The molecule has 0 aromatic rings. The molecule has 1 saturated heterocycles. The maximum atomic E-state index is 11.6. The summed E-state index contributed by atoms with van der Waals surface area (Å²) in [4.78, 5) is 21.7. The van der Waals surface area contributed by atoms with E-state index in [1.807, 2.05) is 0 Å². The second-order valence-corrected chi connectivity index (χ2v) is 6.08. The van der Waals surface area contributed by atoms with Crippen molar-refractivity contribution < 1.29 is 22.7 Å². The van der Waals surface area contributed by atoms with Crippen molar-refractivity contribution in [2.24, 2.45) is 0 Å². The minimum atomic E-state index is -3.40. The van der Waals surface area contributed by atoms with Gasteiger partial charge in [-0.15, -0.1) is 0 Å². The van der Waals surface area contributed by atoms with Gasteiger partial charge >= 0.3 is 5.97 Å². The fraction of sp³-hybridized carbons (Fsp3) is 0.800. The fourth-order valence-electron chi connectivity index (χ4n) is 1.64. The third-order valence-electron chi connectivity index (χ3n) is 2.66. The third-order valence-corrected chi connectivity index (χ3v) is 4.09. The Morgan fingerprint density at radius 3 is 2.83 bits per heavy atom. The molecular weight excluding hydrogens is 260 g/mol. The number of sulfonamides is 1. The first kappa shape index (κ1) is 14.9. The highest BCUT2D eigenvalue weighted by atomic mass is 32.2. The Hall–Kier alpha value is -1.15. The van der Waals surface area contributed by atoms with Crippen LogP contribution >= 0.6 is 0 Å². The predicted octanol–water partition coefficient (Wildman–Crippen LogP) is -0.862. The van der Waals surface area contributed by atoms with Gasteiger partial charge in [-0.3, -0.25) is 9.59 Å². The van der Waals surface area contributed by atoms with Crippen molar-refractivity contribution in [2.45, 2.75) is 31.7 Å². The zero-order valence-electron chi connectivity index (χ0n) is 10.3. The van der Waals surface area contributed by atoms with Gasteiger partial charge in [-0.05, 0) is 12.8 Å². The van der Waals surface area contributed by atoms with Gasteiger partial charge in [-0.1, -0.05) is 0 Å². The van der Waals surface area contributed by atoms with Crippen molar-refractivity contribution >= 4 is 21.9 Å². The van der Waals surface area contributed by atoms with E-state index in [0.29, 0.717) is 12.8 Å². The summed E-state index contributed by atoms with van der Waals surface area (Å²) in [6.07, 6.45) is 1.38. The number of carbonyl (C=O) groups is 2. The van der Waals surface area contributed by atoms with Crippen LogP contribution < -0.4 is 10.0 Å². The molecule has 7 nitrogen and oxygen atoms in total. The Labute approximate surface area is 106 Å². The Morgan fingerprint density at radius 1 is 1.56 bits per heavy atom. The number of carbonyl (C=O) groups excluding carboxylic acids is 2. The molecule has 0 aromatic heterocycles. The second-order valence-electron chi connectivity index (χ2n) is 4.15. The largest absolute Gasteiger partial charge is 0.469 e. The Kier molecular flexibility index (Phi) is 5.54. The van der Waals surface area contributed by atoms with Crippen LogP contribution in [0.1, 0.15) is 25.7 Å². The van der Waals surface area contributed by atoms with Gasteiger partial charge in [0.25, 0.3) is 0 Å². The average molecular weight is 278 g/mol. The third kappa shape index (κ3) is 5.46. The van der Waals surface area contributed by atoms with E-state index in [-0.39, 0.29) is 37.1 Å². The topological polar surface area (TPSA) is 102 Å². The highest BCUT2D eigenvalue weighted by molar-refractivity contribution is 7.89. The number of amides is 1.